The highest BCUT2D eigenvalue weighted by Crippen LogP contribution is 2.38. The average molecular weight is 271 g/mol. The van der Waals surface area contributed by atoms with Gasteiger partial charge in [-0.05, 0) is 49.0 Å². The molecular weight excluding hydrogens is 246 g/mol. The van der Waals surface area contributed by atoms with Crippen molar-refractivity contribution in [3.05, 3.63) is 0 Å². The molecule has 104 valence electrons. The molecule has 18 heavy (non-hydrogen) atoms. The number of aliphatic hydroxyl groups is 1. The minimum Gasteiger partial charge on any atom is -0.394 e. The third-order valence-corrected chi connectivity index (χ3v) is 5.16. The molecule has 1 aliphatic carbocycles. The van der Waals surface area contributed by atoms with Gasteiger partial charge in [-0.2, -0.15) is 11.8 Å². The number of amides is 1. The number of rotatable bonds is 5. The van der Waals surface area contributed by atoms with Gasteiger partial charge in [-0.1, -0.05) is 6.92 Å². The molecule has 2 atom stereocenters. The number of nitrogens with zero attached hydrogens (tertiary/aromatic N) is 1. The lowest BCUT2D eigenvalue weighted by Crippen LogP contribution is -2.40. The SMILES string of the molecule is CSCC1CC(CC(=O)N2C[C@H](C)C[C@@H]2CO)C1. The van der Waals surface area contributed by atoms with Crippen LogP contribution >= 0.6 is 11.8 Å². The summed E-state index contributed by atoms with van der Waals surface area (Å²) in [4.78, 5) is 14.2. The van der Waals surface area contributed by atoms with Crippen molar-refractivity contribution in [3.8, 4) is 0 Å². The Balaban J connectivity index is 1.75. The molecule has 1 saturated carbocycles. The van der Waals surface area contributed by atoms with Crippen LogP contribution in [0.15, 0.2) is 0 Å². The molecule has 3 nitrogen and oxygen atoms in total. The van der Waals surface area contributed by atoms with Crippen molar-refractivity contribution < 1.29 is 9.90 Å². The van der Waals surface area contributed by atoms with E-state index in [-0.39, 0.29) is 18.6 Å². The van der Waals surface area contributed by atoms with E-state index < -0.39 is 0 Å². The van der Waals surface area contributed by atoms with Crippen molar-refractivity contribution in [2.45, 2.75) is 38.6 Å². The maximum absolute atomic E-state index is 12.2. The Morgan fingerprint density at radius 3 is 2.67 bits per heavy atom. The summed E-state index contributed by atoms with van der Waals surface area (Å²) in [5.41, 5.74) is 0. The van der Waals surface area contributed by atoms with Crippen LogP contribution in [0.25, 0.3) is 0 Å². The van der Waals surface area contributed by atoms with Gasteiger partial charge in [0.25, 0.3) is 0 Å². The Labute approximate surface area is 114 Å². The van der Waals surface area contributed by atoms with Gasteiger partial charge >= 0.3 is 0 Å². The van der Waals surface area contributed by atoms with E-state index in [4.69, 9.17) is 0 Å². The molecule has 1 aliphatic heterocycles. The number of hydrogen-bond donors (Lipinski definition) is 1. The number of hydrogen-bond acceptors (Lipinski definition) is 3. The van der Waals surface area contributed by atoms with Crippen LogP contribution in [0.2, 0.25) is 0 Å². The summed E-state index contributed by atoms with van der Waals surface area (Å²) in [6.07, 6.45) is 6.26. The lowest BCUT2D eigenvalue weighted by atomic mass is 9.74. The minimum atomic E-state index is 0.0783. The van der Waals surface area contributed by atoms with Crippen molar-refractivity contribution >= 4 is 17.7 Å². The molecule has 1 heterocycles. The van der Waals surface area contributed by atoms with Gasteiger partial charge in [0.05, 0.1) is 12.6 Å². The van der Waals surface area contributed by atoms with Gasteiger partial charge in [0.15, 0.2) is 0 Å². The second-order valence-electron chi connectivity index (χ2n) is 6.09. The number of carbonyl (C=O) groups excluding carboxylic acids is 1. The zero-order valence-corrected chi connectivity index (χ0v) is 12.3. The van der Waals surface area contributed by atoms with Gasteiger partial charge in [0.1, 0.15) is 0 Å². The largest absolute Gasteiger partial charge is 0.394 e. The standard InChI is InChI=1S/C14H25NO2S/c1-10-3-13(8-16)15(7-10)14(17)6-11-4-12(5-11)9-18-2/h10-13,16H,3-9H2,1-2H3/t10-,11?,12?,13-/m1/s1. The van der Waals surface area contributed by atoms with E-state index in [9.17, 15) is 9.90 Å². The maximum atomic E-state index is 12.2. The zero-order chi connectivity index (χ0) is 13.1. The predicted octanol–water partition coefficient (Wildman–Crippen LogP) is 2.00. The molecule has 0 radical (unpaired) electrons. The number of carbonyl (C=O) groups is 1. The van der Waals surface area contributed by atoms with Crippen LogP contribution in [-0.4, -0.2) is 47.1 Å². The van der Waals surface area contributed by atoms with E-state index in [0.717, 1.165) is 18.9 Å². The Morgan fingerprint density at radius 1 is 1.33 bits per heavy atom. The Morgan fingerprint density at radius 2 is 2.06 bits per heavy atom. The molecular formula is C14H25NO2S. The van der Waals surface area contributed by atoms with Crippen molar-refractivity contribution in [2.24, 2.45) is 17.8 Å². The molecule has 1 amide bonds. The van der Waals surface area contributed by atoms with E-state index in [1.165, 1.54) is 18.6 Å². The van der Waals surface area contributed by atoms with E-state index in [0.29, 0.717) is 18.3 Å². The van der Waals surface area contributed by atoms with Crippen LogP contribution < -0.4 is 0 Å². The van der Waals surface area contributed by atoms with Gasteiger partial charge in [-0.25, -0.2) is 0 Å². The Hall–Kier alpha value is -0.220. The van der Waals surface area contributed by atoms with Crippen molar-refractivity contribution in [1.82, 2.24) is 4.90 Å². The van der Waals surface area contributed by atoms with Crippen LogP contribution in [0.4, 0.5) is 0 Å². The molecule has 0 aromatic heterocycles. The monoisotopic (exact) mass is 271 g/mol. The van der Waals surface area contributed by atoms with E-state index in [1.807, 2.05) is 16.7 Å². The summed E-state index contributed by atoms with van der Waals surface area (Å²) in [6, 6.07) is 0.0783. The van der Waals surface area contributed by atoms with Gasteiger partial charge < -0.3 is 10.0 Å². The topological polar surface area (TPSA) is 40.5 Å². The molecule has 2 aliphatic rings. The van der Waals surface area contributed by atoms with Crippen molar-refractivity contribution in [3.63, 3.8) is 0 Å². The summed E-state index contributed by atoms with van der Waals surface area (Å²) in [7, 11) is 0. The van der Waals surface area contributed by atoms with Crippen LogP contribution in [-0.2, 0) is 4.79 Å². The highest BCUT2D eigenvalue weighted by molar-refractivity contribution is 7.98. The number of likely N-dealkylation sites (tertiary alicyclic amines) is 1. The smallest absolute Gasteiger partial charge is 0.223 e. The Bertz CT molecular complexity index is 292. The van der Waals surface area contributed by atoms with Crippen LogP contribution in [0.1, 0.15) is 32.6 Å². The van der Waals surface area contributed by atoms with Crippen molar-refractivity contribution in [1.29, 1.82) is 0 Å². The minimum absolute atomic E-state index is 0.0783. The highest BCUT2D eigenvalue weighted by atomic mass is 32.2. The number of aliphatic hydroxyl groups excluding tert-OH is 1. The van der Waals surface area contributed by atoms with Crippen LogP contribution in [0, 0.1) is 17.8 Å². The third kappa shape index (κ3) is 3.21. The van der Waals surface area contributed by atoms with E-state index >= 15 is 0 Å². The maximum Gasteiger partial charge on any atom is 0.223 e. The lowest BCUT2D eigenvalue weighted by Gasteiger charge is -2.36. The summed E-state index contributed by atoms with van der Waals surface area (Å²) in [5.74, 6) is 3.49. The van der Waals surface area contributed by atoms with E-state index in [1.54, 1.807) is 0 Å². The molecule has 1 saturated heterocycles. The lowest BCUT2D eigenvalue weighted by molar-refractivity contribution is -0.134. The molecule has 0 aromatic carbocycles. The fourth-order valence-electron chi connectivity index (χ4n) is 3.41. The number of thioether (sulfide) groups is 1. The fourth-order valence-corrected chi connectivity index (χ4v) is 4.15. The van der Waals surface area contributed by atoms with Crippen LogP contribution in [0.3, 0.4) is 0 Å². The molecule has 0 unspecified atom stereocenters. The van der Waals surface area contributed by atoms with Gasteiger partial charge in [0, 0.05) is 13.0 Å². The molecule has 0 bridgehead atoms. The first kappa shape index (κ1) is 14.2. The predicted molar refractivity (Wildman–Crippen MR) is 75.6 cm³/mol. The van der Waals surface area contributed by atoms with E-state index in [2.05, 4.69) is 13.2 Å². The third-order valence-electron chi connectivity index (χ3n) is 4.35. The first-order chi connectivity index (χ1) is 8.63. The first-order valence-electron chi connectivity index (χ1n) is 7.03. The molecule has 0 spiro atoms. The molecule has 2 rings (SSSR count). The first-order valence-corrected chi connectivity index (χ1v) is 8.42. The normalized spacial score (nSPS) is 35.6. The van der Waals surface area contributed by atoms with Gasteiger partial charge in [0.2, 0.25) is 5.91 Å². The van der Waals surface area contributed by atoms with Crippen LogP contribution in [0.5, 0.6) is 0 Å². The molecule has 2 fully saturated rings. The summed E-state index contributed by atoms with van der Waals surface area (Å²) >= 11 is 1.91. The van der Waals surface area contributed by atoms with Gasteiger partial charge in [-0.15, -0.1) is 0 Å². The quantitative estimate of drug-likeness (QED) is 0.831. The molecule has 0 aromatic rings. The second-order valence-corrected chi connectivity index (χ2v) is 7.00. The summed E-state index contributed by atoms with van der Waals surface area (Å²) in [5, 5.41) is 9.32. The molecule has 4 heteroatoms. The highest BCUT2D eigenvalue weighted by Gasteiger charge is 2.36. The Kier molecular flexibility index (Phi) is 4.96. The fraction of sp³-hybridized carbons (Fsp3) is 0.929. The summed E-state index contributed by atoms with van der Waals surface area (Å²) in [6.45, 7) is 3.12. The van der Waals surface area contributed by atoms with Crippen molar-refractivity contribution in [2.75, 3.05) is 25.2 Å². The summed E-state index contributed by atoms with van der Waals surface area (Å²) < 4.78 is 0. The molecule has 1 N–H and O–H groups in total. The average Bonchev–Trinajstić information content (AvgIpc) is 2.67. The second kappa shape index (κ2) is 6.29. The zero-order valence-electron chi connectivity index (χ0n) is 11.5. The van der Waals surface area contributed by atoms with Gasteiger partial charge in [-0.3, -0.25) is 4.79 Å².